The van der Waals surface area contributed by atoms with E-state index >= 15 is 0 Å². The van der Waals surface area contributed by atoms with Crippen LogP contribution in [0.15, 0.2) is 41.0 Å². The van der Waals surface area contributed by atoms with Gasteiger partial charge in [0.05, 0.1) is 22.4 Å². The topological polar surface area (TPSA) is 83.4 Å². The Morgan fingerprint density at radius 1 is 1.09 bits per heavy atom. The van der Waals surface area contributed by atoms with Crippen LogP contribution in [-0.2, 0) is 0 Å². The summed E-state index contributed by atoms with van der Waals surface area (Å²) in [5.41, 5.74) is 5.44. The molecule has 0 aliphatic heterocycles. The second-order valence-electron chi connectivity index (χ2n) is 4.23. The van der Waals surface area contributed by atoms with Gasteiger partial charge in [-0.1, -0.05) is 23.7 Å². The van der Waals surface area contributed by atoms with Crippen molar-refractivity contribution in [2.24, 2.45) is 0 Å². The average molecular weight is 338 g/mol. The maximum Gasteiger partial charge on any atom is 0.273 e. The third kappa shape index (κ3) is 3.84. The first kappa shape index (κ1) is 16.0. The lowest BCUT2D eigenvalue weighted by Gasteiger charge is -2.11. The summed E-state index contributed by atoms with van der Waals surface area (Å²) >= 11 is 10.8. The van der Waals surface area contributed by atoms with Gasteiger partial charge in [0.1, 0.15) is 5.76 Å². The van der Waals surface area contributed by atoms with Crippen molar-refractivity contribution >= 4 is 40.7 Å². The number of aryl methyl sites for hydroxylation is 1. The van der Waals surface area contributed by atoms with Crippen LogP contribution in [-0.4, -0.2) is 16.9 Å². The standard InChI is InChI=1S/C14H12ClN3O3S/c1-8-9(6-7-21-8)13(20)17-18-14(22)16-12(19)10-4-2-3-5-11(10)15/h2-7H,1H3,(H,17,20)(H2,16,18,19,22). The van der Waals surface area contributed by atoms with Crippen LogP contribution in [0.3, 0.4) is 0 Å². The SMILES string of the molecule is Cc1occc1C(=O)NNC(=S)NC(=O)c1ccccc1Cl. The lowest BCUT2D eigenvalue weighted by molar-refractivity contribution is 0.0933. The third-order valence-corrected chi connectivity index (χ3v) is 3.27. The van der Waals surface area contributed by atoms with Crippen molar-refractivity contribution in [3.8, 4) is 0 Å². The largest absolute Gasteiger partial charge is 0.469 e. The molecule has 0 saturated heterocycles. The van der Waals surface area contributed by atoms with Crippen molar-refractivity contribution in [3.63, 3.8) is 0 Å². The number of nitrogens with one attached hydrogen (secondary N) is 3. The minimum Gasteiger partial charge on any atom is -0.469 e. The number of rotatable bonds is 2. The molecule has 0 unspecified atom stereocenters. The first-order chi connectivity index (χ1) is 10.5. The van der Waals surface area contributed by atoms with Crippen LogP contribution >= 0.6 is 23.8 Å². The van der Waals surface area contributed by atoms with E-state index < -0.39 is 11.8 Å². The number of benzene rings is 1. The average Bonchev–Trinajstić information content (AvgIpc) is 2.91. The van der Waals surface area contributed by atoms with Crippen molar-refractivity contribution in [1.29, 1.82) is 0 Å². The fourth-order valence-electron chi connectivity index (χ4n) is 1.65. The van der Waals surface area contributed by atoms with E-state index in [2.05, 4.69) is 16.2 Å². The lowest BCUT2D eigenvalue weighted by atomic mass is 10.2. The molecule has 0 aliphatic carbocycles. The van der Waals surface area contributed by atoms with Gasteiger partial charge in [0.2, 0.25) is 0 Å². The lowest BCUT2D eigenvalue weighted by Crippen LogP contribution is -2.48. The van der Waals surface area contributed by atoms with Crippen molar-refractivity contribution in [2.45, 2.75) is 6.92 Å². The van der Waals surface area contributed by atoms with Gasteiger partial charge in [-0.3, -0.25) is 25.8 Å². The van der Waals surface area contributed by atoms with E-state index in [4.69, 9.17) is 28.2 Å². The molecule has 1 aromatic carbocycles. The van der Waals surface area contributed by atoms with Gasteiger partial charge in [-0.2, -0.15) is 0 Å². The third-order valence-electron chi connectivity index (χ3n) is 2.74. The first-order valence-corrected chi connectivity index (χ1v) is 6.98. The fourth-order valence-corrected chi connectivity index (χ4v) is 2.01. The maximum absolute atomic E-state index is 12.0. The summed E-state index contributed by atoms with van der Waals surface area (Å²) in [5, 5.41) is 2.66. The molecular weight excluding hydrogens is 326 g/mol. The molecule has 0 radical (unpaired) electrons. The second kappa shape index (κ2) is 7.06. The Bertz CT molecular complexity index is 730. The summed E-state index contributed by atoms with van der Waals surface area (Å²) in [6, 6.07) is 8.08. The summed E-state index contributed by atoms with van der Waals surface area (Å²) in [7, 11) is 0. The Balaban J connectivity index is 1.89. The number of amides is 2. The number of hydrogen-bond donors (Lipinski definition) is 3. The van der Waals surface area contributed by atoms with Crippen LogP contribution in [0.1, 0.15) is 26.5 Å². The van der Waals surface area contributed by atoms with Gasteiger partial charge >= 0.3 is 0 Å². The Morgan fingerprint density at radius 2 is 1.82 bits per heavy atom. The summed E-state index contributed by atoms with van der Waals surface area (Å²) in [5.74, 6) is -0.428. The predicted octanol–water partition coefficient (Wildman–Crippen LogP) is 2.19. The number of thiocarbonyl (C=S) groups is 1. The summed E-state index contributed by atoms with van der Waals surface area (Å²) in [6.45, 7) is 1.66. The Kier molecular flexibility index (Phi) is 5.13. The van der Waals surface area contributed by atoms with Crippen LogP contribution in [0.2, 0.25) is 5.02 Å². The van der Waals surface area contributed by atoms with Gasteiger partial charge in [0, 0.05) is 0 Å². The fraction of sp³-hybridized carbons (Fsp3) is 0.0714. The van der Waals surface area contributed by atoms with Gasteiger partial charge in [-0.15, -0.1) is 0 Å². The highest BCUT2D eigenvalue weighted by molar-refractivity contribution is 7.80. The number of hydrogen-bond acceptors (Lipinski definition) is 4. The number of carbonyl (C=O) groups excluding carboxylic acids is 2. The van der Waals surface area contributed by atoms with Crippen molar-refractivity contribution < 1.29 is 14.0 Å². The van der Waals surface area contributed by atoms with Crippen LogP contribution < -0.4 is 16.2 Å². The molecule has 0 bridgehead atoms. The number of carbonyl (C=O) groups is 2. The molecule has 2 amide bonds. The highest BCUT2D eigenvalue weighted by atomic mass is 35.5. The minimum absolute atomic E-state index is 0.0561. The molecule has 3 N–H and O–H groups in total. The highest BCUT2D eigenvalue weighted by Gasteiger charge is 2.13. The Hall–Kier alpha value is -2.38. The van der Waals surface area contributed by atoms with E-state index in [1.165, 1.54) is 12.3 Å². The molecule has 2 rings (SSSR count). The number of furan rings is 1. The molecule has 1 heterocycles. The number of hydrazine groups is 1. The maximum atomic E-state index is 12.0. The van der Waals surface area contributed by atoms with Gasteiger partial charge in [-0.05, 0) is 37.3 Å². The van der Waals surface area contributed by atoms with Crippen molar-refractivity contribution in [3.05, 3.63) is 58.5 Å². The summed E-state index contributed by atoms with van der Waals surface area (Å²) < 4.78 is 5.02. The van der Waals surface area contributed by atoms with E-state index in [1.807, 2.05) is 0 Å². The highest BCUT2D eigenvalue weighted by Crippen LogP contribution is 2.14. The van der Waals surface area contributed by atoms with Crippen LogP contribution in [0, 0.1) is 6.92 Å². The quantitative estimate of drug-likeness (QED) is 0.578. The van der Waals surface area contributed by atoms with E-state index in [-0.39, 0.29) is 10.7 Å². The molecule has 6 nitrogen and oxygen atoms in total. The van der Waals surface area contributed by atoms with E-state index in [1.54, 1.807) is 31.2 Å². The number of halogens is 1. The monoisotopic (exact) mass is 337 g/mol. The van der Waals surface area contributed by atoms with E-state index in [9.17, 15) is 9.59 Å². The molecule has 114 valence electrons. The normalized spacial score (nSPS) is 9.91. The molecule has 22 heavy (non-hydrogen) atoms. The zero-order valence-electron chi connectivity index (χ0n) is 11.5. The van der Waals surface area contributed by atoms with Crippen LogP contribution in [0.4, 0.5) is 0 Å². The Labute approximate surface area is 136 Å². The zero-order valence-corrected chi connectivity index (χ0v) is 13.0. The second-order valence-corrected chi connectivity index (χ2v) is 5.05. The molecule has 1 aromatic heterocycles. The Morgan fingerprint density at radius 3 is 2.45 bits per heavy atom. The first-order valence-electron chi connectivity index (χ1n) is 6.19. The van der Waals surface area contributed by atoms with E-state index in [0.29, 0.717) is 16.3 Å². The van der Waals surface area contributed by atoms with Gasteiger partial charge in [0.15, 0.2) is 5.11 Å². The minimum atomic E-state index is -0.475. The van der Waals surface area contributed by atoms with Crippen LogP contribution in [0.25, 0.3) is 0 Å². The molecule has 0 fully saturated rings. The molecule has 0 saturated carbocycles. The van der Waals surface area contributed by atoms with Crippen molar-refractivity contribution in [2.75, 3.05) is 0 Å². The molecule has 0 aliphatic rings. The summed E-state index contributed by atoms with van der Waals surface area (Å²) in [4.78, 5) is 23.8. The van der Waals surface area contributed by atoms with Gasteiger partial charge in [0.25, 0.3) is 11.8 Å². The molecule has 0 atom stereocenters. The predicted molar refractivity (Wildman–Crippen MR) is 85.6 cm³/mol. The van der Waals surface area contributed by atoms with E-state index in [0.717, 1.165) is 0 Å². The van der Waals surface area contributed by atoms with Gasteiger partial charge < -0.3 is 4.42 Å². The van der Waals surface area contributed by atoms with Crippen molar-refractivity contribution in [1.82, 2.24) is 16.2 Å². The van der Waals surface area contributed by atoms with Gasteiger partial charge in [-0.25, -0.2) is 0 Å². The van der Waals surface area contributed by atoms with Crippen LogP contribution in [0.5, 0.6) is 0 Å². The molecule has 8 heteroatoms. The molecular formula is C14H12ClN3O3S. The molecule has 0 spiro atoms. The molecule has 2 aromatic rings. The summed E-state index contributed by atoms with van der Waals surface area (Å²) in [6.07, 6.45) is 1.40. The smallest absolute Gasteiger partial charge is 0.273 e. The zero-order chi connectivity index (χ0) is 16.1.